The first-order chi connectivity index (χ1) is 15.2. The number of rotatable bonds is 7. The van der Waals surface area contributed by atoms with E-state index in [1.54, 1.807) is 37.3 Å². The summed E-state index contributed by atoms with van der Waals surface area (Å²) in [7, 11) is -3.82. The van der Waals surface area contributed by atoms with Crippen molar-refractivity contribution in [3.63, 3.8) is 0 Å². The first kappa shape index (κ1) is 23.5. The number of ether oxygens (including phenoxy) is 1. The maximum Gasteiger partial charge on any atom is 0.338 e. The van der Waals surface area contributed by atoms with Crippen LogP contribution in [0.3, 0.4) is 0 Å². The number of anilines is 2. The second kappa shape index (κ2) is 9.99. The Hall–Kier alpha value is -3.14. The minimum atomic E-state index is -3.82. The van der Waals surface area contributed by atoms with Crippen molar-refractivity contribution >= 4 is 56.6 Å². The van der Waals surface area contributed by atoms with Crippen molar-refractivity contribution in [3.8, 4) is 0 Å². The van der Waals surface area contributed by atoms with Crippen LogP contribution >= 0.6 is 23.2 Å². The molecular formula is C21H17Cl2N3O5S. The summed E-state index contributed by atoms with van der Waals surface area (Å²) in [5.74, 6) is -1.36. The highest BCUT2D eigenvalue weighted by molar-refractivity contribution is 7.92. The van der Waals surface area contributed by atoms with E-state index in [9.17, 15) is 18.0 Å². The second-order valence-electron chi connectivity index (χ2n) is 6.51. The quantitative estimate of drug-likeness (QED) is 0.474. The normalized spacial score (nSPS) is 11.0. The van der Waals surface area contributed by atoms with Gasteiger partial charge in [0, 0.05) is 11.9 Å². The lowest BCUT2D eigenvalue weighted by molar-refractivity contribution is -0.119. The number of nitrogens with one attached hydrogen (secondary N) is 2. The first-order valence-electron chi connectivity index (χ1n) is 9.13. The molecular weight excluding hydrogens is 477 g/mol. The lowest BCUT2D eigenvalue weighted by atomic mass is 10.2. The Bertz CT molecular complexity index is 1250. The zero-order valence-corrected chi connectivity index (χ0v) is 19.0. The number of nitrogens with zero attached hydrogens (tertiary/aromatic N) is 1. The van der Waals surface area contributed by atoms with Crippen LogP contribution in [0.15, 0.2) is 65.7 Å². The van der Waals surface area contributed by atoms with Gasteiger partial charge in [0.2, 0.25) is 0 Å². The van der Waals surface area contributed by atoms with Crippen LogP contribution < -0.4 is 10.0 Å². The molecule has 8 nitrogen and oxygen atoms in total. The molecule has 3 aromatic rings. The zero-order valence-electron chi connectivity index (χ0n) is 16.6. The fraction of sp³-hybridized carbons (Fsp3) is 0.0952. The summed E-state index contributed by atoms with van der Waals surface area (Å²) in [6.45, 7) is 1.08. The van der Waals surface area contributed by atoms with E-state index < -0.39 is 28.5 Å². The summed E-state index contributed by atoms with van der Waals surface area (Å²) in [5, 5.41) is 2.96. The van der Waals surface area contributed by atoms with Crippen LogP contribution in [0.25, 0.3) is 0 Å². The summed E-state index contributed by atoms with van der Waals surface area (Å²) < 4.78 is 32.3. The van der Waals surface area contributed by atoms with E-state index in [4.69, 9.17) is 27.9 Å². The molecule has 0 atom stereocenters. The molecule has 1 heterocycles. The first-order valence-corrected chi connectivity index (χ1v) is 11.4. The summed E-state index contributed by atoms with van der Waals surface area (Å²) in [6.07, 6.45) is 1.34. The maximum atomic E-state index is 12.4. The second-order valence-corrected chi connectivity index (χ2v) is 8.98. The van der Waals surface area contributed by atoms with Crippen molar-refractivity contribution in [2.45, 2.75) is 11.8 Å². The number of hydrogen-bond donors (Lipinski definition) is 2. The van der Waals surface area contributed by atoms with Gasteiger partial charge in [0.15, 0.2) is 12.4 Å². The van der Waals surface area contributed by atoms with Gasteiger partial charge in [-0.2, -0.15) is 0 Å². The molecule has 0 aliphatic carbocycles. The molecule has 32 heavy (non-hydrogen) atoms. The van der Waals surface area contributed by atoms with Crippen molar-refractivity contribution in [3.05, 3.63) is 82.0 Å². The Labute approximate surface area is 194 Å². The van der Waals surface area contributed by atoms with Gasteiger partial charge in [-0.05, 0) is 48.9 Å². The molecule has 0 radical (unpaired) electrons. The summed E-state index contributed by atoms with van der Waals surface area (Å²) in [5.41, 5.74) is 1.04. The molecule has 0 fully saturated rings. The van der Waals surface area contributed by atoms with Gasteiger partial charge in [0.25, 0.3) is 15.9 Å². The molecule has 0 saturated heterocycles. The van der Waals surface area contributed by atoms with Gasteiger partial charge in [0.05, 0.1) is 20.5 Å². The Morgan fingerprint density at radius 1 is 1.03 bits per heavy atom. The molecule has 0 aliphatic rings. The van der Waals surface area contributed by atoms with Gasteiger partial charge < -0.3 is 10.1 Å². The molecule has 1 amide bonds. The number of pyridine rings is 1. The fourth-order valence-electron chi connectivity index (χ4n) is 2.52. The molecule has 11 heteroatoms. The summed E-state index contributed by atoms with van der Waals surface area (Å²) >= 11 is 12.0. The molecule has 0 spiro atoms. The average molecular weight is 494 g/mol. The Kier molecular flexibility index (Phi) is 7.34. The third-order valence-corrected chi connectivity index (χ3v) is 6.46. The highest BCUT2D eigenvalue weighted by Crippen LogP contribution is 2.28. The Morgan fingerprint density at radius 2 is 1.69 bits per heavy atom. The van der Waals surface area contributed by atoms with Crippen LogP contribution in [0.1, 0.15) is 15.9 Å². The molecule has 166 valence electrons. The average Bonchev–Trinajstić information content (AvgIpc) is 2.78. The van der Waals surface area contributed by atoms with Crippen LogP contribution in [0, 0.1) is 6.92 Å². The largest absolute Gasteiger partial charge is 0.452 e. The van der Waals surface area contributed by atoms with E-state index in [0.717, 1.165) is 0 Å². The molecule has 0 bridgehead atoms. The van der Waals surface area contributed by atoms with Crippen LogP contribution in [0.5, 0.6) is 0 Å². The monoisotopic (exact) mass is 493 g/mol. The van der Waals surface area contributed by atoms with Crippen LogP contribution in [0.2, 0.25) is 10.0 Å². The highest BCUT2D eigenvalue weighted by atomic mass is 35.5. The highest BCUT2D eigenvalue weighted by Gasteiger charge is 2.17. The van der Waals surface area contributed by atoms with Gasteiger partial charge in [-0.15, -0.1) is 0 Å². The van der Waals surface area contributed by atoms with Crippen LogP contribution in [-0.2, 0) is 19.6 Å². The number of sulfonamides is 1. The molecule has 0 unspecified atom stereocenters. The Balaban J connectivity index is 1.59. The van der Waals surface area contributed by atoms with Crippen molar-refractivity contribution in [2.24, 2.45) is 0 Å². The van der Waals surface area contributed by atoms with E-state index >= 15 is 0 Å². The van der Waals surface area contributed by atoms with Crippen molar-refractivity contribution in [2.75, 3.05) is 16.6 Å². The lowest BCUT2D eigenvalue weighted by Crippen LogP contribution is -2.22. The van der Waals surface area contributed by atoms with E-state index in [2.05, 4.69) is 15.0 Å². The smallest absolute Gasteiger partial charge is 0.338 e. The number of hydrogen-bond acceptors (Lipinski definition) is 6. The predicted molar refractivity (Wildman–Crippen MR) is 122 cm³/mol. The molecule has 2 N–H and O–H groups in total. The standard InChI is InChI=1S/C21H17Cl2N3O5S/c1-13-17(22)11-24-20(19(13)23)25-18(27)12-31-21(28)14-7-9-16(10-8-14)32(29,30)26-15-5-3-2-4-6-15/h2-11,26H,12H2,1H3,(H,24,25,27). The third-order valence-electron chi connectivity index (χ3n) is 4.22. The summed E-state index contributed by atoms with van der Waals surface area (Å²) in [4.78, 5) is 28.1. The lowest BCUT2D eigenvalue weighted by Gasteiger charge is -2.10. The van der Waals surface area contributed by atoms with E-state index in [1.165, 1.54) is 30.5 Å². The minimum absolute atomic E-state index is 0.0329. The molecule has 0 saturated carbocycles. The molecule has 0 aliphatic heterocycles. The topological polar surface area (TPSA) is 114 Å². The van der Waals surface area contributed by atoms with Gasteiger partial charge in [-0.1, -0.05) is 41.4 Å². The molecule has 3 rings (SSSR count). The van der Waals surface area contributed by atoms with E-state index in [0.29, 0.717) is 16.3 Å². The maximum absolute atomic E-state index is 12.4. The third kappa shape index (κ3) is 5.76. The number of benzene rings is 2. The van der Waals surface area contributed by atoms with Gasteiger partial charge in [0.1, 0.15) is 0 Å². The minimum Gasteiger partial charge on any atom is -0.452 e. The number of amides is 1. The summed E-state index contributed by atoms with van der Waals surface area (Å²) in [6, 6.07) is 13.5. The Morgan fingerprint density at radius 3 is 2.34 bits per heavy atom. The van der Waals surface area contributed by atoms with Crippen LogP contribution in [-0.4, -0.2) is 31.9 Å². The number of halogens is 2. The van der Waals surface area contributed by atoms with Crippen LogP contribution in [0.4, 0.5) is 11.5 Å². The number of carbonyl (C=O) groups excluding carboxylic acids is 2. The predicted octanol–water partition coefficient (Wildman–Crippen LogP) is 4.29. The molecule has 1 aromatic heterocycles. The van der Waals surface area contributed by atoms with E-state index in [1.807, 2.05) is 0 Å². The molecule has 2 aromatic carbocycles. The van der Waals surface area contributed by atoms with E-state index in [-0.39, 0.29) is 21.3 Å². The SMILES string of the molecule is Cc1c(Cl)cnc(NC(=O)COC(=O)c2ccc(S(=O)(=O)Nc3ccccc3)cc2)c1Cl. The van der Waals surface area contributed by atoms with Gasteiger partial charge in [-0.3, -0.25) is 9.52 Å². The van der Waals surface area contributed by atoms with Crippen molar-refractivity contribution in [1.29, 1.82) is 0 Å². The fourth-order valence-corrected chi connectivity index (χ4v) is 3.97. The number of aromatic nitrogens is 1. The number of esters is 1. The van der Waals surface area contributed by atoms with Gasteiger partial charge >= 0.3 is 5.97 Å². The number of carbonyl (C=O) groups is 2. The van der Waals surface area contributed by atoms with Crippen molar-refractivity contribution in [1.82, 2.24) is 4.98 Å². The van der Waals surface area contributed by atoms with Crippen molar-refractivity contribution < 1.29 is 22.7 Å². The zero-order chi connectivity index (χ0) is 23.3. The number of para-hydroxylation sites is 1. The van der Waals surface area contributed by atoms with Gasteiger partial charge in [-0.25, -0.2) is 18.2 Å².